The SMILES string of the molecule is CCc1ccc(C(C)N2CCCC(C(C)CC(=O)O)C2)s1. The lowest BCUT2D eigenvalue weighted by Gasteiger charge is -2.38. The number of hydrogen-bond acceptors (Lipinski definition) is 3. The zero-order valence-corrected chi connectivity index (χ0v) is 14.2. The molecule has 4 heteroatoms. The smallest absolute Gasteiger partial charge is 0.303 e. The molecule has 2 heterocycles. The minimum atomic E-state index is -0.668. The van der Waals surface area contributed by atoms with E-state index in [-0.39, 0.29) is 5.92 Å². The molecule has 0 aromatic carbocycles. The van der Waals surface area contributed by atoms with E-state index in [2.05, 4.69) is 37.8 Å². The molecule has 1 aliphatic heterocycles. The molecular weight excluding hydrogens is 282 g/mol. The molecule has 0 spiro atoms. The number of rotatable bonds is 6. The molecule has 3 unspecified atom stereocenters. The van der Waals surface area contributed by atoms with Crippen LogP contribution < -0.4 is 0 Å². The van der Waals surface area contributed by atoms with Crippen molar-refractivity contribution in [2.24, 2.45) is 11.8 Å². The van der Waals surface area contributed by atoms with Crippen molar-refractivity contribution in [3.63, 3.8) is 0 Å². The number of carboxylic acids is 1. The minimum absolute atomic E-state index is 0.270. The summed E-state index contributed by atoms with van der Waals surface area (Å²) in [6.07, 6.45) is 3.76. The Labute approximate surface area is 132 Å². The van der Waals surface area contributed by atoms with Crippen molar-refractivity contribution >= 4 is 17.3 Å². The van der Waals surface area contributed by atoms with Gasteiger partial charge in [0, 0.05) is 28.8 Å². The topological polar surface area (TPSA) is 40.5 Å². The Bertz CT molecular complexity index is 471. The van der Waals surface area contributed by atoms with E-state index in [1.165, 1.54) is 22.6 Å². The van der Waals surface area contributed by atoms with Gasteiger partial charge in [0.15, 0.2) is 0 Å². The van der Waals surface area contributed by atoms with Gasteiger partial charge in [-0.1, -0.05) is 13.8 Å². The Hall–Kier alpha value is -0.870. The van der Waals surface area contributed by atoms with Gasteiger partial charge in [-0.2, -0.15) is 0 Å². The van der Waals surface area contributed by atoms with E-state index in [0.29, 0.717) is 18.4 Å². The highest BCUT2D eigenvalue weighted by atomic mass is 32.1. The molecule has 0 aliphatic carbocycles. The molecule has 1 N–H and O–H groups in total. The molecule has 0 radical (unpaired) electrons. The van der Waals surface area contributed by atoms with Crippen LogP contribution in [0.1, 0.15) is 55.8 Å². The predicted molar refractivity (Wildman–Crippen MR) is 87.8 cm³/mol. The van der Waals surface area contributed by atoms with Crippen LogP contribution in [-0.2, 0) is 11.2 Å². The molecule has 0 bridgehead atoms. The predicted octanol–water partition coefficient (Wildman–Crippen LogP) is 4.19. The molecular formula is C17H27NO2S. The lowest BCUT2D eigenvalue weighted by molar-refractivity contribution is -0.138. The largest absolute Gasteiger partial charge is 0.481 e. The van der Waals surface area contributed by atoms with Crippen molar-refractivity contribution in [2.45, 2.75) is 52.5 Å². The molecule has 2 rings (SSSR count). The van der Waals surface area contributed by atoms with Crippen molar-refractivity contribution in [1.29, 1.82) is 0 Å². The van der Waals surface area contributed by atoms with Crippen molar-refractivity contribution in [1.82, 2.24) is 4.90 Å². The molecule has 1 aromatic heterocycles. The van der Waals surface area contributed by atoms with Gasteiger partial charge in [0.05, 0.1) is 0 Å². The van der Waals surface area contributed by atoms with Gasteiger partial charge in [0.2, 0.25) is 0 Å². The fourth-order valence-corrected chi connectivity index (χ4v) is 4.33. The number of carbonyl (C=O) groups is 1. The third kappa shape index (κ3) is 4.30. The summed E-state index contributed by atoms with van der Waals surface area (Å²) in [7, 11) is 0. The van der Waals surface area contributed by atoms with Gasteiger partial charge in [-0.3, -0.25) is 9.69 Å². The Morgan fingerprint density at radius 2 is 2.24 bits per heavy atom. The normalized spacial score (nSPS) is 22.9. The summed E-state index contributed by atoms with van der Waals surface area (Å²) < 4.78 is 0. The number of hydrogen-bond donors (Lipinski definition) is 1. The van der Waals surface area contributed by atoms with E-state index in [9.17, 15) is 4.79 Å². The Kier molecular flexibility index (Phi) is 5.82. The van der Waals surface area contributed by atoms with Gasteiger partial charge in [0.1, 0.15) is 0 Å². The number of piperidine rings is 1. The number of carboxylic acid groups (broad SMARTS) is 1. The van der Waals surface area contributed by atoms with Crippen LogP contribution in [0.4, 0.5) is 0 Å². The first-order valence-corrected chi connectivity index (χ1v) is 8.87. The third-order valence-corrected chi connectivity index (χ3v) is 6.18. The van der Waals surface area contributed by atoms with Gasteiger partial charge in [-0.15, -0.1) is 11.3 Å². The lowest BCUT2D eigenvalue weighted by atomic mass is 9.84. The number of aryl methyl sites for hydroxylation is 1. The summed E-state index contributed by atoms with van der Waals surface area (Å²) in [5, 5.41) is 8.99. The first kappa shape index (κ1) is 16.5. The summed E-state index contributed by atoms with van der Waals surface area (Å²) in [5.41, 5.74) is 0. The zero-order chi connectivity index (χ0) is 15.4. The second kappa shape index (κ2) is 7.41. The highest BCUT2D eigenvalue weighted by molar-refractivity contribution is 7.12. The standard InChI is InChI=1S/C17H27NO2S/c1-4-15-7-8-16(21-15)13(3)18-9-5-6-14(11-18)12(2)10-17(19)20/h7-8,12-14H,4-6,9-11H2,1-3H3,(H,19,20). The Morgan fingerprint density at radius 1 is 1.48 bits per heavy atom. The molecule has 1 aromatic rings. The Balaban J connectivity index is 1.98. The second-order valence-corrected chi connectivity index (χ2v) is 7.51. The summed E-state index contributed by atoms with van der Waals surface area (Å²) in [4.78, 5) is 16.3. The van der Waals surface area contributed by atoms with Crippen LogP contribution in [0, 0.1) is 11.8 Å². The van der Waals surface area contributed by atoms with Crippen molar-refractivity contribution in [3.8, 4) is 0 Å². The van der Waals surface area contributed by atoms with Crippen molar-refractivity contribution in [2.75, 3.05) is 13.1 Å². The summed E-state index contributed by atoms with van der Waals surface area (Å²) in [6, 6.07) is 4.96. The average Bonchev–Trinajstić information content (AvgIpc) is 2.95. The van der Waals surface area contributed by atoms with Gasteiger partial charge >= 0.3 is 5.97 Å². The molecule has 3 atom stereocenters. The first-order valence-electron chi connectivity index (χ1n) is 8.05. The molecule has 21 heavy (non-hydrogen) atoms. The van der Waals surface area contributed by atoms with Crippen LogP contribution in [0.25, 0.3) is 0 Å². The van der Waals surface area contributed by atoms with Gasteiger partial charge in [0.25, 0.3) is 0 Å². The fraction of sp³-hybridized carbons (Fsp3) is 0.706. The van der Waals surface area contributed by atoms with E-state index >= 15 is 0 Å². The second-order valence-electron chi connectivity index (χ2n) is 6.31. The lowest BCUT2D eigenvalue weighted by Crippen LogP contribution is -2.39. The molecule has 0 saturated carbocycles. The molecule has 1 aliphatic rings. The Morgan fingerprint density at radius 3 is 2.86 bits per heavy atom. The van der Waals surface area contributed by atoms with Crippen molar-refractivity contribution < 1.29 is 9.90 Å². The van der Waals surface area contributed by atoms with Crippen molar-refractivity contribution in [3.05, 3.63) is 21.9 Å². The number of likely N-dealkylation sites (tertiary alicyclic amines) is 1. The molecule has 118 valence electrons. The highest BCUT2D eigenvalue weighted by Gasteiger charge is 2.29. The molecule has 1 saturated heterocycles. The van der Waals surface area contributed by atoms with E-state index < -0.39 is 5.97 Å². The van der Waals surface area contributed by atoms with Crippen LogP contribution in [0.5, 0.6) is 0 Å². The minimum Gasteiger partial charge on any atom is -0.481 e. The number of nitrogens with zero attached hydrogens (tertiary/aromatic N) is 1. The average molecular weight is 309 g/mol. The maximum atomic E-state index is 10.9. The molecule has 1 fully saturated rings. The maximum Gasteiger partial charge on any atom is 0.303 e. The summed E-state index contributed by atoms with van der Waals surface area (Å²) in [6.45, 7) is 8.75. The monoisotopic (exact) mass is 309 g/mol. The van der Waals surface area contributed by atoms with Gasteiger partial charge in [-0.25, -0.2) is 0 Å². The quantitative estimate of drug-likeness (QED) is 0.856. The molecule has 0 amide bonds. The number of thiophene rings is 1. The van der Waals surface area contributed by atoms with Gasteiger partial charge < -0.3 is 5.11 Å². The van der Waals surface area contributed by atoms with Crippen LogP contribution in [-0.4, -0.2) is 29.1 Å². The van der Waals surface area contributed by atoms with E-state index in [1.54, 1.807) is 0 Å². The van der Waals surface area contributed by atoms with Crippen LogP contribution in [0.15, 0.2) is 12.1 Å². The first-order chi connectivity index (χ1) is 10.0. The summed E-state index contributed by atoms with van der Waals surface area (Å²) in [5.74, 6) is 0.119. The highest BCUT2D eigenvalue weighted by Crippen LogP contribution is 2.33. The maximum absolute atomic E-state index is 10.9. The molecule has 3 nitrogen and oxygen atoms in total. The third-order valence-electron chi connectivity index (χ3n) is 4.78. The van der Waals surface area contributed by atoms with Crippen LogP contribution >= 0.6 is 11.3 Å². The van der Waals surface area contributed by atoms with Crippen LogP contribution in [0.2, 0.25) is 0 Å². The van der Waals surface area contributed by atoms with Crippen LogP contribution in [0.3, 0.4) is 0 Å². The fourth-order valence-electron chi connectivity index (χ4n) is 3.29. The van der Waals surface area contributed by atoms with E-state index in [0.717, 1.165) is 19.5 Å². The van der Waals surface area contributed by atoms with Gasteiger partial charge in [-0.05, 0) is 56.7 Å². The number of aliphatic carboxylic acids is 1. The summed E-state index contributed by atoms with van der Waals surface area (Å²) >= 11 is 1.92. The van der Waals surface area contributed by atoms with E-state index in [1.807, 2.05) is 11.3 Å². The van der Waals surface area contributed by atoms with E-state index in [4.69, 9.17) is 5.11 Å². The zero-order valence-electron chi connectivity index (χ0n) is 13.3.